The van der Waals surface area contributed by atoms with Gasteiger partial charge in [-0.05, 0) is 129 Å². The number of benzene rings is 8. The molecule has 0 fully saturated rings. The van der Waals surface area contributed by atoms with Gasteiger partial charge in [-0.25, -0.2) is 0 Å². The number of hydrogen-bond donors (Lipinski definition) is 0. The molecule has 0 unspecified atom stereocenters. The van der Waals surface area contributed by atoms with Crippen LogP contribution in [0.2, 0.25) is 0 Å². The van der Waals surface area contributed by atoms with Crippen molar-refractivity contribution in [2.45, 2.75) is 26.2 Å². The zero-order valence-corrected chi connectivity index (χ0v) is 28.6. The molecular formula is C48H38N2. The fourth-order valence-electron chi connectivity index (χ4n) is 8.20. The Bertz CT molecular complexity index is 2420. The van der Waals surface area contributed by atoms with Crippen LogP contribution in [0, 0.1) is 6.92 Å². The monoisotopic (exact) mass is 642 g/mol. The zero-order chi connectivity index (χ0) is 33.8. The zero-order valence-electron chi connectivity index (χ0n) is 28.6. The average Bonchev–Trinajstić information content (AvgIpc) is 3.17. The van der Waals surface area contributed by atoms with Crippen LogP contribution < -0.4 is 9.80 Å². The Labute approximate surface area is 294 Å². The lowest BCUT2D eigenvalue weighted by Crippen LogP contribution is -2.24. The van der Waals surface area contributed by atoms with E-state index in [9.17, 15) is 0 Å². The molecule has 0 aromatic heterocycles. The van der Waals surface area contributed by atoms with Crippen molar-refractivity contribution >= 4 is 55.7 Å². The van der Waals surface area contributed by atoms with Gasteiger partial charge >= 0.3 is 0 Å². The van der Waals surface area contributed by atoms with Gasteiger partial charge in [-0.2, -0.15) is 0 Å². The van der Waals surface area contributed by atoms with Crippen LogP contribution >= 0.6 is 0 Å². The van der Waals surface area contributed by atoms with Gasteiger partial charge in [0.25, 0.3) is 0 Å². The molecule has 0 bridgehead atoms. The molecule has 0 spiro atoms. The number of nitrogens with zero attached hydrogens (tertiary/aromatic N) is 2. The Morgan fingerprint density at radius 2 is 0.860 bits per heavy atom. The third-order valence-electron chi connectivity index (χ3n) is 10.6. The highest BCUT2D eigenvalue weighted by atomic mass is 15.1. The Balaban J connectivity index is 1.27. The van der Waals surface area contributed by atoms with Crippen molar-refractivity contribution in [2.75, 3.05) is 9.80 Å². The quantitative estimate of drug-likeness (QED) is 0.167. The van der Waals surface area contributed by atoms with E-state index < -0.39 is 0 Å². The maximum absolute atomic E-state index is 2.43. The minimum Gasteiger partial charge on any atom is -0.310 e. The third kappa shape index (κ3) is 4.71. The minimum atomic E-state index is -0.214. The van der Waals surface area contributed by atoms with E-state index in [4.69, 9.17) is 0 Å². The van der Waals surface area contributed by atoms with Gasteiger partial charge in [0, 0.05) is 39.5 Å². The summed E-state index contributed by atoms with van der Waals surface area (Å²) in [5, 5.41) is 5.25. The topological polar surface area (TPSA) is 6.48 Å². The Hall–Kier alpha value is -6.12. The summed E-state index contributed by atoms with van der Waals surface area (Å²) < 4.78 is 0. The van der Waals surface area contributed by atoms with Crippen molar-refractivity contribution in [1.82, 2.24) is 0 Å². The van der Waals surface area contributed by atoms with Crippen LogP contribution in [0.3, 0.4) is 0 Å². The van der Waals surface area contributed by atoms with Crippen molar-refractivity contribution in [3.8, 4) is 11.1 Å². The summed E-state index contributed by atoms with van der Waals surface area (Å²) in [6, 6.07) is 63.8. The molecule has 240 valence electrons. The summed E-state index contributed by atoms with van der Waals surface area (Å²) in [4.78, 5) is 4.72. The third-order valence-corrected chi connectivity index (χ3v) is 10.6. The molecule has 0 radical (unpaired) electrons. The van der Waals surface area contributed by atoms with Crippen LogP contribution in [-0.2, 0) is 5.41 Å². The largest absolute Gasteiger partial charge is 0.310 e. The number of aryl methyl sites for hydroxylation is 1. The molecule has 0 amide bonds. The van der Waals surface area contributed by atoms with Crippen molar-refractivity contribution < 1.29 is 0 Å². The van der Waals surface area contributed by atoms with E-state index in [0.29, 0.717) is 0 Å². The second-order valence-electron chi connectivity index (χ2n) is 13.8. The van der Waals surface area contributed by atoms with Gasteiger partial charge in [-0.3, -0.25) is 0 Å². The normalized spacial score (nSPS) is 12.9. The van der Waals surface area contributed by atoms with Crippen molar-refractivity contribution in [3.05, 3.63) is 193 Å². The summed E-state index contributed by atoms with van der Waals surface area (Å²) in [6.07, 6.45) is 0. The standard InChI is InChI=1S/C48H38N2/c1-33-40-29-27-38(49(34-17-8-4-9-18-34)35-19-10-5-11-20-35)31-43(40)41-25-16-26-44-47(41)46(33)42-30-28-39(32-45(42)48(44,2)3)50(36-21-12-6-13-22-36)37-23-14-7-15-24-37/h4-32H,1-3H3. The van der Waals surface area contributed by atoms with Gasteiger partial charge in [0.05, 0.1) is 0 Å². The highest BCUT2D eigenvalue weighted by Gasteiger charge is 2.35. The van der Waals surface area contributed by atoms with Crippen molar-refractivity contribution in [2.24, 2.45) is 0 Å². The first-order valence-electron chi connectivity index (χ1n) is 17.5. The molecule has 2 nitrogen and oxygen atoms in total. The minimum absolute atomic E-state index is 0.214. The maximum atomic E-state index is 2.43. The van der Waals surface area contributed by atoms with Crippen LogP contribution in [0.4, 0.5) is 34.1 Å². The molecule has 0 atom stereocenters. The van der Waals surface area contributed by atoms with Crippen molar-refractivity contribution in [1.29, 1.82) is 0 Å². The van der Waals surface area contributed by atoms with Crippen molar-refractivity contribution in [3.63, 3.8) is 0 Å². The van der Waals surface area contributed by atoms with Gasteiger partial charge in [0.2, 0.25) is 0 Å². The number of anilines is 6. The second kappa shape index (κ2) is 11.8. The predicted octanol–water partition coefficient (Wildman–Crippen LogP) is 13.5. The Kier molecular flexibility index (Phi) is 7.07. The first-order chi connectivity index (χ1) is 24.5. The summed E-state index contributed by atoms with van der Waals surface area (Å²) in [6.45, 7) is 7.10. The molecular weight excluding hydrogens is 605 g/mol. The smallest absolute Gasteiger partial charge is 0.0468 e. The highest BCUT2D eigenvalue weighted by Crippen LogP contribution is 2.53. The second-order valence-corrected chi connectivity index (χ2v) is 13.8. The number of para-hydroxylation sites is 4. The van der Waals surface area contributed by atoms with E-state index in [1.807, 2.05) is 0 Å². The van der Waals surface area contributed by atoms with Gasteiger partial charge in [-0.15, -0.1) is 0 Å². The van der Waals surface area contributed by atoms with Crippen LogP contribution in [0.15, 0.2) is 176 Å². The molecule has 0 saturated carbocycles. The van der Waals surface area contributed by atoms with E-state index in [1.165, 1.54) is 49.4 Å². The molecule has 1 aliphatic carbocycles. The summed E-state index contributed by atoms with van der Waals surface area (Å²) in [5.74, 6) is 0. The SMILES string of the molecule is Cc1c2c3c(cccc3c3cc(N(c4ccccc4)c4ccccc4)ccc13)C(C)(C)c1cc(N(c3ccccc3)c3ccccc3)ccc1-2. The molecule has 0 heterocycles. The summed E-state index contributed by atoms with van der Waals surface area (Å²) in [7, 11) is 0. The molecule has 0 aliphatic heterocycles. The molecule has 50 heavy (non-hydrogen) atoms. The van der Waals surface area contributed by atoms with Gasteiger partial charge < -0.3 is 9.80 Å². The lowest BCUT2D eigenvalue weighted by atomic mass is 9.67. The van der Waals surface area contributed by atoms with E-state index >= 15 is 0 Å². The molecule has 2 heteroatoms. The average molecular weight is 643 g/mol. The van der Waals surface area contributed by atoms with E-state index in [0.717, 1.165) is 34.1 Å². The number of rotatable bonds is 6. The van der Waals surface area contributed by atoms with Crippen LogP contribution in [-0.4, -0.2) is 0 Å². The van der Waals surface area contributed by atoms with Crippen LogP contribution in [0.1, 0.15) is 30.5 Å². The van der Waals surface area contributed by atoms with E-state index in [1.54, 1.807) is 0 Å². The van der Waals surface area contributed by atoms with Gasteiger partial charge in [0.15, 0.2) is 0 Å². The maximum Gasteiger partial charge on any atom is 0.0468 e. The highest BCUT2D eigenvalue weighted by molar-refractivity contribution is 6.19. The molecule has 8 aromatic carbocycles. The van der Waals surface area contributed by atoms with E-state index in [2.05, 4.69) is 206 Å². The molecule has 8 aromatic rings. The molecule has 0 saturated heterocycles. The lowest BCUT2D eigenvalue weighted by molar-refractivity contribution is 0.645. The van der Waals surface area contributed by atoms with Crippen LogP contribution in [0.5, 0.6) is 0 Å². The number of fused-ring (bicyclic) bond motifs is 4. The predicted molar refractivity (Wildman–Crippen MR) is 213 cm³/mol. The summed E-state index contributed by atoms with van der Waals surface area (Å²) in [5.41, 5.74) is 13.4. The lowest BCUT2D eigenvalue weighted by Gasteiger charge is -2.37. The van der Waals surface area contributed by atoms with Gasteiger partial charge in [-0.1, -0.05) is 117 Å². The Morgan fingerprint density at radius 1 is 0.380 bits per heavy atom. The molecule has 1 aliphatic rings. The number of hydrogen-bond acceptors (Lipinski definition) is 2. The van der Waals surface area contributed by atoms with Crippen LogP contribution in [0.25, 0.3) is 32.7 Å². The van der Waals surface area contributed by atoms with Gasteiger partial charge in [0.1, 0.15) is 0 Å². The fraction of sp³-hybridized carbons (Fsp3) is 0.0833. The molecule has 0 N–H and O–H groups in total. The first kappa shape index (κ1) is 30.0. The Morgan fingerprint density at radius 3 is 1.38 bits per heavy atom. The summed E-state index contributed by atoms with van der Waals surface area (Å²) >= 11 is 0. The fourth-order valence-corrected chi connectivity index (χ4v) is 8.20. The first-order valence-corrected chi connectivity index (χ1v) is 17.5. The van der Waals surface area contributed by atoms with E-state index in [-0.39, 0.29) is 5.41 Å². The molecule has 9 rings (SSSR count).